The zero-order valence-electron chi connectivity index (χ0n) is 10.5. The van der Waals surface area contributed by atoms with Crippen molar-refractivity contribution in [3.8, 4) is 5.40 Å². The second-order valence-corrected chi connectivity index (χ2v) is 4.98. The van der Waals surface area contributed by atoms with Crippen LogP contribution in [-0.2, 0) is 4.79 Å². The molecule has 0 unspecified atom stereocenters. The van der Waals surface area contributed by atoms with Crippen molar-refractivity contribution < 1.29 is 9.90 Å². The fraction of sp³-hybridized carbons (Fsp3) is 0.385. The van der Waals surface area contributed by atoms with E-state index < -0.39 is 5.97 Å². The molecule has 0 bridgehead atoms. The van der Waals surface area contributed by atoms with Crippen LogP contribution < -0.4 is 4.90 Å². The van der Waals surface area contributed by atoms with Gasteiger partial charge in [0.2, 0.25) is 0 Å². The van der Waals surface area contributed by atoms with E-state index in [-0.39, 0.29) is 12.5 Å². The van der Waals surface area contributed by atoms with Crippen LogP contribution in [0.25, 0.3) is 0 Å². The summed E-state index contributed by atoms with van der Waals surface area (Å²) in [5, 5.41) is 19.3. The second-order valence-electron chi connectivity index (χ2n) is 4.12. The average Bonchev–Trinajstić information content (AvgIpc) is 2.31. The number of hydrogen-bond acceptors (Lipinski definition) is 4. The Labute approximate surface area is 111 Å². The summed E-state index contributed by atoms with van der Waals surface area (Å²) in [7, 11) is 0. The van der Waals surface area contributed by atoms with Gasteiger partial charge in [-0.15, -0.1) is 0 Å². The largest absolute Gasteiger partial charge is 0.481 e. The summed E-state index contributed by atoms with van der Waals surface area (Å²) in [5.41, 5.74) is 0.980. The number of benzene rings is 1. The number of aliphatic carboxylic acids is 1. The molecule has 0 spiro atoms. The van der Waals surface area contributed by atoms with Gasteiger partial charge in [-0.05, 0) is 49.9 Å². The molecule has 0 heterocycles. The summed E-state index contributed by atoms with van der Waals surface area (Å²) in [6.07, 6.45) is 0.118. The van der Waals surface area contributed by atoms with Crippen molar-refractivity contribution in [2.45, 2.75) is 31.2 Å². The monoisotopic (exact) mass is 264 g/mol. The third-order valence-corrected chi connectivity index (χ3v) is 3.12. The Balaban J connectivity index is 2.79. The lowest BCUT2D eigenvalue weighted by Gasteiger charge is -2.28. The third-order valence-electron chi connectivity index (χ3n) is 2.52. The van der Waals surface area contributed by atoms with Crippen molar-refractivity contribution in [2.24, 2.45) is 0 Å². The zero-order chi connectivity index (χ0) is 13.5. The Morgan fingerprint density at radius 1 is 1.44 bits per heavy atom. The van der Waals surface area contributed by atoms with E-state index in [1.54, 1.807) is 0 Å². The molecular weight excluding hydrogens is 248 g/mol. The molecule has 0 saturated heterocycles. The molecule has 0 fully saturated rings. The Bertz CT molecular complexity index is 437. The summed E-state index contributed by atoms with van der Waals surface area (Å²) >= 11 is 1.12. The maximum Gasteiger partial charge on any atom is 0.305 e. The number of carboxylic acid groups (broad SMARTS) is 1. The van der Waals surface area contributed by atoms with Crippen molar-refractivity contribution in [3.63, 3.8) is 0 Å². The van der Waals surface area contributed by atoms with Crippen LogP contribution in [0, 0.1) is 10.7 Å². The van der Waals surface area contributed by atoms with Gasteiger partial charge in [0.25, 0.3) is 0 Å². The van der Waals surface area contributed by atoms with Gasteiger partial charge in [-0.25, -0.2) is 0 Å². The van der Waals surface area contributed by atoms with Crippen LogP contribution >= 0.6 is 11.8 Å². The highest BCUT2D eigenvalue weighted by molar-refractivity contribution is 8.03. The van der Waals surface area contributed by atoms with Gasteiger partial charge in [0.05, 0.1) is 6.42 Å². The van der Waals surface area contributed by atoms with E-state index in [2.05, 4.69) is 0 Å². The van der Waals surface area contributed by atoms with Gasteiger partial charge >= 0.3 is 5.97 Å². The van der Waals surface area contributed by atoms with Crippen LogP contribution in [0.4, 0.5) is 5.69 Å². The molecule has 1 aromatic carbocycles. The molecule has 5 heteroatoms. The van der Waals surface area contributed by atoms with Gasteiger partial charge in [0.15, 0.2) is 0 Å². The minimum Gasteiger partial charge on any atom is -0.481 e. The standard InChI is InChI=1S/C13H16N2O2S/c1-10(2)15(8-7-13(16)17)11-3-5-12(6-4-11)18-9-14/h3-6,10H,7-8H2,1-2H3,(H,16,17). The first-order chi connectivity index (χ1) is 8.54. The first kappa shape index (κ1) is 14.4. The van der Waals surface area contributed by atoms with E-state index in [4.69, 9.17) is 10.4 Å². The molecule has 1 rings (SSSR count). The van der Waals surface area contributed by atoms with Crippen molar-refractivity contribution in [1.82, 2.24) is 0 Å². The third kappa shape index (κ3) is 4.30. The number of rotatable bonds is 6. The fourth-order valence-electron chi connectivity index (χ4n) is 1.66. The molecule has 4 nitrogen and oxygen atoms in total. The number of hydrogen-bond donors (Lipinski definition) is 1. The van der Waals surface area contributed by atoms with Crippen LogP contribution in [0.5, 0.6) is 0 Å². The number of thioether (sulfide) groups is 1. The van der Waals surface area contributed by atoms with Crippen LogP contribution in [0.1, 0.15) is 20.3 Å². The molecule has 0 amide bonds. The van der Waals surface area contributed by atoms with Gasteiger partial charge in [0, 0.05) is 23.2 Å². The highest BCUT2D eigenvalue weighted by Gasteiger charge is 2.12. The highest BCUT2D eigenvalue weighted by Crippen LogP contribution is 2.23. The summed E-state index contributed by atoms with van der Waals surface area (Å²) < 4.78 is 0. The van der Waals surface area contributed by atoms with E-state index in [0.29, 0.717) is 6.54 Å². The fourth-order valence-corrected chi connectivity index (χ4v) is 2.04. The van der Waals surface area contributed by atoms with Crippen molar-refractivity contribution in [3.05, 3.63) is 24.3 Å². The molecule has 0 aromatic heterocycles. The number of nitriles is 1. The Kier molecular flexibility index (Phi) is 5.53. The second kappa shape index (κ2) is 6.92. The number of anilines is 1. The molecular formula is C13H16N2O2S. The molecule has 1 N–H and O–H groups in total. The van der Waals surface area contributed by atoms with Crippen LogP contribution in [-0.4, -0.2) is 23.7 Å². The first-order valence-corrected chi connectivity index (χ1v) is 6.50. The minimum absolute atomic E-state index is 0.118. The van der Waals surface area contributed by atoms with E-state index in [9.17, 15) is 4.79 Å². The minimum atomic E-state index is -0.794. The maximum absolute atomic E-state index is 10.6. The van der Waals surface area contributed by atoms with Crippen molar-refractivity contribution in [1.29, 1.82) is 5.26 Å². The Hall–Kier alpha value is -1.67. The maximum atomic E-state index is 10.6. The summed E-state index contributed by atoms with van der Waals surface area (Å²) in [5.74, 6) is -0.794. The molecule has 0 aliphatic carbocycles. The SMILES string of the molecule is CC(C)N(CCC(=O)O)c1ccc(SC#N)cc1. The van der Waals surface area contributed by atoms with Gasteiger partial charge in [-0.1, -0.05) is 0 Å². The average molecular weight is 264 g/mol. The van der Waals surface area contributed by atoms with Crippen molar-refractivity contribution in [2.75, 3.05) is 11.4 Å². The van der Waals surface area contributed by atoms with Crippen LogP contribution in [0.2, 0.25) is 0 Å². The van der Waals surface area contributed by atoms with E-state index in [1.165, 1.54) is 0 Å². The number of thiocyanates is 1. The molecule has 18 heavy (non-hydrogen) atoms. The van der Waals surface area contributed by atoms with E-state index in [1.807, 2.05) is 48.4 Å². The molecule has 1 aromatic rings. The van der Waals surface area contributed by atoms with E-state index >= 15 is 0 Å². The highest BCUT2D eigenvalue weighted by atomic mass is 32.2. The lowest BCUT2D eigenvalue weighted by Crippen LogP contribution is -2.32. The van der Waals surface area contributed by atoms with Gasteiger partial charge in [-0.3, -0.25) is 4.79 Å². The van der Waals surface area contributed by atoms with Gasteiger partial charge in [0.1, 0.15) is 5.40 Å². The number of nitrogens with zero attached hydrogens (tertiary/aromatic N) is 2. The van der Waals surface area contributed by atoms with Gasteiger partial charge < -0.3 is 10.0 Å². The number of carboxylic acids is 1. The van der Waals surface area contributed by atoms with Gasteiger partial charge in [-0.2, -0.15) is 5.26 Å². The number of carbonyl (C=O) groups is 1. The summed E-state index contributed by atoms with van der Waals surface area (Å²) in [6.45, 7) is 4.54. The summed E-state index contributed by atoms with van der Waals surface area (Å²) in [6, 6.07) is 7.82. The van der Waals surface area contributed by atoms with Crippen LogP contribution in [0.3, 0.4) is 0 Å². The van der Waals surface area contributed by atoms with E-state index in [0.717, 1.165) is 22.3 Å². The zero-order valence-corrected chi connectivity index (χ0v) is 11.3. The molecule has 0 saturated carbocycles. The molecule has 0 aliphatic heterocycles. The first-order valence-electron chi connectivity index (χ1n) is 5.69. The predicted octanol–water partition coefficient (Wildman–Crippen LogP) is 2.95. The molecule has 96 valence electrons. The molecule has 0 radical (unpaired) electrons. The molecule has 0 atom stereocenters. The quantitative estimate of drug-likeness (QED) is 0.632. The Morgan fingerprint density at radius 2 is 2.06 bits per heavy atom. The molecule has 0 aliphatic rings. The van der Waals surface area contributed by atoms with Crippen molar-refractivity contribution >= 4 is 23.4 Å². The Morgan fingerprint density at radius 3 is 2.50 bits per heavy atom. The van der Waals surface area contributed by atoms with Crippen LogP contribution in [0.15, 0.2) is 29.2 Å². The summed E-state index contributed by atoms with van der Waals surface area (Å²) in [4.78, 5) is 13.6. The topological polar surface area (TPSA) is 64.3 Å². The smallest absolute Gasteiger partial charge is 0.305 e. The lowest BCUT2D eigenvalue weighted by molar-refractivity contribution is -0.136. The normalized spacial score (nSPS) is 10.1. The predicted molar refractivity (Wildman–Crippen MR) is 72.6 cm³/mol. The lowest BCUT2D eigenvalue weighted by atomic mass is 10.2.